The lowest BCUT2D eigenvalue weighted by Crippen LogP contribution is -2.41. The number of amidine groups is 1. The number of likely N-dealkylation sites (tertiary alicyclic amines) is 1. The zero-order chi connectivity index (χ0) is 16.4. The summed E-state index contributed by atoms with van der Waals surface area (Å²) in [5.74, 6) is 0.969. The number of piperidine rings is 1. The fourth-order valence-corrected chi connectivity index (χ4v) is 2.80. The molecule has 1 fully saturated rings. The number of H-pyrrole nitrogens is 1. The molecule has 8 nitrogen and oxygen atoms in total. The van der Waals surface area contributed by atoms with Crippen molar-refractivity contribution >= 4 is 11.5 Å². The van der Waals surface area contributed by atoms with E-state index in [1.165, 1.54) is 6.20 Å². The summed E-state index contributed by atoms with van der Waals surface area (Å²) in [5, 5.41) is 18.5. The summed E-state index contributed by atoms with van der Waals surface area (Å²) >= 11 is 0. The van der Waals surface area contributed by atoms with Crippen molar-refractivity contribution in [2.24, 2.45) is 10.9 Å². The number of anilines is 1. The first-order valence-corrected chi connectivity index (χ1v) is 7.81. The van der Waals surface area contributed by atoms with Crippen LogP contribution >= 0.6 is 0 Å². The van der Waals surface area contributed by atoms with E-state index >= 15 is 0 Å². The van der Waals surface area contributed by atoms with Gasteiger partial charge in [0.2, 0.25) is 5.84 Å². The van der Waals surface area contributed by atoms with Crippen LogP contribution in [-0.2, 0) is 0 Å². The molecule has 2 aliphatic heterocycles. The van der Waals surface area contributed by atoms with Crippen molar-refractivity contribution in [3.63, 3.8) is 0 Å². The minimum absolute atomic E-state index is 0.106. The van der Waals surface area contributed by atoms with Crippen molar-refractivity contribution in [2.45, 2.75) is 33.0 Å². The maximum atomic E-state index is 11.2. The zero-order valence-electron chi connectivity index (χ0n) is 13.3. The number of nitro groups is 1. The van der Waals surface area contributed by atoms with Crippen molar-refractivity contribution in [3.05, 3.63) is 45.3 Å². The Labute approximate surface area is 134 Å². The normalized spacial score (nSPS) is 23.0. The largest absolute Gasteiger partial charge is 0.652 e. The smallest absolute Gasteiger partial charge is 0.289 e. The lowest BCUT2D eigenvalue weighted by Gasteiger charge is -2.42. The number of aliphatic imine (C=N–C) groups is 1. The number of nitrogens with one attached hydrogen (secondary N) is 2. The quantitative estimate of drug-likeness (QED) is 0.661. The highest BCUT2D eigenvalue weighted by Gasteiger charge is 2.25. The molecule has 2 aliphatic rings. The van der Waals surface area contributed by atoms with Gasteiger partial charge < -0.3 is 15.6 Å². The summed E-state index contributed by atoms with van der Waals surface area (Å²) in [6, 6.07) is 1.88. The molecule has 3 rings (SSSR count). The monoisotopic (exact) mass is 317 g/mol. The second-order valence-corrected chi connectivity index (χ2v) is 6.16. The molecule has 23 heavy (non-hydrogen) atoms. The number of nitrogens with zero attached hydrogens (tertiary/aromatic N) is 4. The summed E-state index contributed by atoms with van der Waals surface area (Å²) in [6.45, 7) is 5.99. The number of hydrogen-bond acceptors (Lipinski definition) is 5. The van der Waals surface area contributed by atoms with Crippen LogP contribution in [0.15, 0.2) is 29.2 Å². The highest BCUT2D eigenvalue weighted by molar-refractivity contribution is 6.07. The van der Waals surface area contributed by atoms with Crippen molar-refractivity contribution in [1.29, 1.82) is 0 Å². The van der Waals surface area contributed by atoms with Crippen LogP contribution in [0.3, 0.4) is 0 Å². The second kappa shape index (κ2) is 6.41. The van der Waals surface area contributed by atoms with Crippen LogP contribution in [0.25, 0.3) is 5.32 Å². The highest BCUT2D eigenvalue weighted by Crippen LogP contribution is 2.25. The van der Waals surface area contributed by atoms with E-state index in [0.717, 1.165) is 37.3 Å². The predicted molar refractivity (Wildman–Crippen MR) is 88.8 cm³/mol. The maximum absolute atomic E-state index is 11.2. The zero-order valence-corrected chi connectivity index (χ0v) is 13.3. The Morgan fingerprint density at radius 3 is 2.83 bits per heavy atom. The lowest BCUT2D eigenvalue weighted by molar-refractivity contribution is -0.415. The van der Waals surface area contributed by atoms with Gasteiger partial charge in [-0.25, -0.2) is 0 Å². The summed E-state index contributed by atoms with van der Waals surface area (Å²) in [7, 11) is 0. The molecule has 8 heteroatoms. The van der Waals surface area contributed by atoms with Crippen LogP contribution in [0.4, 0.5) is 5.69 Å². The Balaban J connectivity index is 1.78. The third-order valence-corrected chi connectivity index (χ3v) is 4.25. The van der Waals surface area contributed by atoms with E-state index in [9.17, 15) is 10.1 Å². The molecule has 0 aliphatic carbocycles. The molecule has 1 saturated heterocycles. The van der Waals surface area contributed by atoms with Gasteiger partial charge in [-0.1, -0.05) is 13.1 Å². The molecule has 1 atom stereocenters. The van der Waals surface area contributed by atoms with Gasteiger partial charge in [-0.05, 0) is 44.8 Å². The number of aromatic nitrogens is 1. The molecule has 124 valence electrons. The number of aryl methyl sites for hydroxylation is 1. The fraction of sp³-hybridized carbons (Fsp3) is 0.533. The molecule has 2 N–H and O–H groups in total. The average Bonchev–Trinajstić information content (AvgIpc) is 2.93. The number of aromatic amines is 1. The summed E-state index contributed by atoms with van der Waals surface area (Å²) in [6.07, 6.45) is 4.91. The van der Waals surface area contributed by atoms with Crippen molar-refractivity contribution < 1.29 is 4.92 Å². The van der Waals surface area contributed by atoms with Gasteiger partial charge in [0, 0.05) is 18.2 Å². The molecule has 0 aromatic carbocycles. The van der Waals surface area contributed by atoms with E-state index in [0.29, 0.717) is 5.92 Å². The first-order chi connectivity index (χ1) is 11.0. The Bertz CT molecular complexity index is 642. The van der Waals surface area contributed by atoms with Gasteiger partial charge in [-0.15, -0.1) is 0 Å². The van der Waals surface area contributed by atoms with Gasteiger partial charge in [-0.2, -0.15) is 0 Å². The SMILES string of the molecule is Cc1cc(NC2=NC(N3CCC(C)CC3)[N-]C=C2[N+](=O)[O-])c[nH]1. The minimum atomic E-state index is -0.455. The standard InChI is InChI=1S/C15H21N6O2/c1-10-3-5-20(6-4-10)15-17-9-13(21(22)23)14(19-15)18-12-7-11(2)16-8-12/h7-10,15-16H,3-6H2,1-2H3,(H,18,19)/q-1. The van der Waals surface area contributed by atoms with E-state index in [-0.39, 0.29) is 17.8 Å². The van der Waals surface area contributed by atoms with Gasteiger partial charge in [0.1, 0.15) is 0 Å². The molecule has 0 radical (unpaired) electrons. The molecule has 0 bridgehead atoms. The van der Waals surface area contributed by atoms with Gasteiger partial charge in [0.15, 0.2) is 0 Å². The molecule has 0 saturated carbocycles. The molecule has 3 heterocycles. The molecule has 0 spiro atoms. The van der Waals surface area contributed by atoms with Gasteiger partial charge in [0.25, 0.3) is 5.70 Å². The third-order valence-electron chi connectivity index (χ3n) is 4.25. The lowest BCUT2D eigenvalue weighted by atomic mass is 9.99. The third kappa shape index (κ3) is 3.53. The highest BCUT2D eigenvalue weighted by atomic mass is 16.6. The molecule has 0 amide bonds. The van der Waals surface area contributed by atoms with E-state index in [1.54, 1.807) is 6.20 Å². The number of rotatable bonds is 3. The summed E-state index contributed by atoms with van der Waals surface area (Å²) in [4.78, 5) is 20.4. The average molecular weight is 317 g/mol. The first-order valence-electron chi connectivity index (χ1n) is 7.81. The van der Waals surface area contributed by atoms with Crippen LogP contribution in [0.2, 0.25) is 0 Å². The van der Waals surface area contributed by atoms with Crippen molar-refractivity contribution in [2.75, 3.05) is 18.4 Å². The van der Waals surface area contributed by atoms with Crippen LogP contribution in [0, 0.1) is 23.0 Å². The Hall–Kier alpha value is -2.35. The molecule has 1 aromatic heterocycles. The molecular formula is C15H21N6O2-. The van der Waals surface area contributed by atoms with Crippen molar-refractivity contribution in [3.8, 4) is 0 Å². The Morgan fingerprint density at radius 1 is 1.48 bits per heavy atom. The summed E-state index contributed by atoms with van der Waals surface area (Å²) in [5.41, 5.74) is 1.62. The van der Waals surface area contributed by atoms with Gasteiger partial charge in [0.05, 0.1) is 10.6 Å². The van der Waals surface area contributed by atoms with Crippen LogP contribution in [0.1, 0.15) is 25.5 Å². The van der Waals surface area contributed by atoms with Gasteiger partial charge in [-0.3, -0.25) is 20.0 Å². The van der Waals surface area contributed by atoms with Gasteiger partial charge >= 0.3 is 0 Å². The minimum Gasteiger partial charge on any atom is -0.652 e. The Kier molecular flexibility index (Phi) is 4.33. The van der Waals surface area contributed by atoms with E-state index in [2.05, 4.69) is 32.4 Å². The van der Waals surface area contributed by atoms with E-state index in [4.69, 9.17) is 0 Å². The van der Waals surface area contributed by atoms with E-state index < -0.39 is 4.92 Å². The van der Waals surface area contributed by atoms with Crippen molar-refractivity contribution in [1.82, 2.24) is 9.88 Å². The second-order valence-electron chi connectivity index (χ2n) is 6.16. The predicted octanol–water partition coefficient (Wildman–Crippen LogP) is 2.65. The fourth-order valence-electron chi connectivity index (χ4n) is 2.80. The first kappa shape index (κ1) is 15.5. The van der Waals surface area contributed by atoms with E-state index in [1.807, 2.05) is 13.0 Å². The molecular weight excluding hydrogens is 296 g/mol. The topological polar surface area (TPSA) is 101 Å². The number of hydrogen-bond donors (Lipinski definition) is 2. The van der Waals surface area contributed by atoms with Crippen LogP contribution in [-0.4, -0.2) is 40.0 Å². The van der Waals surface area contributed by atoms with Crippen LogP contribution in [0.5, 0.6) is 0 Å². The molecule has 1 aromatic rings. The Morgan fingerprint density at radius 2 is 2.22 bits per heavy atom. The summed E-state index contributed by atoms with van der Waals surface area (Å²) < 4.78 is 0. The molecule has 1 unspecified atom stereocenters. The van der Waals surface area contributed by atoms with Crippen LogP contribution < -0.4 is 5.32 Å². The maximum Gasteiger partial charge on any atom is 0.289 e.